The molecule has 2 nitrogen and oxygen atoms in total. The largest absolute Gasteiger partial charge is 0.241 e. The van der Waals surface area contributed by atoms with E-state index in [4.69, 9.17) is 0 Å². The van der Waals surface area contributed by atoms with Gasteiger partial charge in [0.05, 0.1) is 0 Å². The zero-order valence-corrected chi connectivity index (χ0v) is 6.88. The van der Waals surface area contributed by atoms with Gasteiger partial charge in [-0.15, -0.1) is 0 Å². The highest BCUT2D eigenvalue weighted by Crippen LogP contribution is 2.19. The topological polar surface area (TPSA) is 25.8 Å². The number of hydrogen-bond acceptors (Lipinski definition) is 2. The molecule has 0 unspecified atom stereocenters. The van der Waals surface area contributed by atoms with E-state index >= 15 is 0 Å². The quantitative estimate of drug-likeness (QED) is 0.621. The van der Waals surface area contributed by atoms with E-state index in [0.717, 1.165) is 6.07 Å². The summed E-state index contributed by atoms with van der Waals surface area (Å²) in [5.74, 6) is -1.80. The van der Waals surface area contributed by atoms with Crippen LogP contribution in [0.5, 0.6) is 0 Å². The molecule has 0 saturated heterocycles. The summed E-state index contributed by atoms with van der Waals surface area (Å²) in [5.41, 5.74) is 0.677. The van der Waals surface area contributed by atoms with E-state index in [-0.39, 0.29) is 5.52 Å². The molecule has 2 rings (SSSR count). The third-order valence-electron chi connectivity index (χ3n) is 1.90. The number of aromatic nitrogens is 2. The highest BCUT2D eigenvalue weighted by atomic mass is 19.2. The second-order valence-corrected chi connectivity index (χ2v) is 2.72. The molecular formula is C9H6F2N2. The molecule has 0 saturated carbocycles. The Morgan fingerprint density at radius 2 is 1.92 bits per heavy atom. The van der Waals surface area contributed by atoms with Crippen molar-refractivity contribution in [2.24, 2.45) is 0 Å². The summed E-state index contributed by atoms with van der Waals surface area (Å²) in [7, 11) is 0. The van der Waals surface area contributed by atoms with Crippen LogP contribution in [-0.2, 0) is 0 Å². The van der Waals surface area contributed by atoms with E-state index in [9.17, 15) is 8.78 Å². The number of rotatable bonds is 0. The number of nitrogens with zero attached hydrogens (tertiary/aromatic N) is 2. The monoisotopic (exact) mass is 180 g/mol. The van der Waals surface area contributed by atoms with Crippen molar-refractivity contribution >= 4 is 10.9 Å². The van der Waals surface area contributed by atoms with Gasteiger partial charge in [-0.05, 0) is 19.1 Å². The van der Waals surface area contributed by atoms with Crippen LogP contribution < -0.4 is 0 Å². The second kappa shape index (κ2) is 2.73. The van der Waals surface area contributed by atoms with E-state index < -0.39 is 11.6 Å². The minimum absolute atomic E-state index is 0.0347. The van der Waals surface area contributed by atoms with E-state index in [1.807, 2.05) is 0 Å². The predicted molar refractivity (Wildman–Crippen MR) is 44.2 cm³/mol. The van der Waals surface area contributed by atoms with Crippen molar-refractivity contribution in [1.29, 1.82) is 0 Å². The maximum absolute atomic E-state index is 13.1. The Kier molecular flexibility index (Phi) is 1.69. The van der Waals surface area contributed by atoms with Crippen LogP contribution in [0.25, 0.3) is 10.9 Å². The molecule has 0 aliphatic carbocycles. The van der Waals surface area contributed by atoms with Gasteiger partial charge >= 0.3 is 0 Å². The summed E-state index contributed by atoms with van der Waals surface area (Å²) in [6, 6.07) is 2.55. The van der Waals surface area contributed by atoms with Crippen LogP contribution in [0.1, 0.15) is 5.69 Å². The predicted octanol–water partition coefficient (Wildman–Crippen LogP) is 2.22. The van der Waals surface area contributed by atoms with Gasteiger partial charge in [-0.1, -0.05) is 0 Å². The lowest BCUT2D eigenvalue weighted by Gasteiger charge is -2.00. The molecule has 1 aromatic heterocycles. The maximum atomic E-state index is 13.1. The number of aryl methyl sites for hydroxylation is 1. The normalized spacial score (nSPS) is 10.7. The summed E-state index contributed by atoms with van der Waals surface area (Å²) in [4.78, 5) is 7.55. The Bertz CT molecular complexity index is 468. The highest BCUT2D eigenvalue weighted by Gasteiger charge is 2.09. The van der Waals surface area contributed by atoms with Crippen molar-refractivity contribution in [1.82, 2.24) is 9.97 Å². The van der Waals surface area contributed by atoms with E-state index in [1.54, 1.807) is 6.92 Å². The number of hydrogen-bond donors (Lipinski definition) is 0. The molecule has 0 amide bonds. The molecule has 2 aromatic rings. The number of fused-ring (bicyclic) bond motifs is 1. The summed E-state index contributed by atoms with van der Waals surface area (Å²) < 4.78 is 25.9. The van der Waals surface area contributed by atoms with Gasteiger partial charge in [0, 0.05) is 11.1 Å². The minimum Gasteiger partial charge on any atom is -0.241 e. The standard InChI is InChI=1S/C9H6F2N2/c1-5-6-2-3-7(10)8(11)9(6)13-4-12-5/h2-4H,1H3. The van der Waals surface area contributed by atoms with Gasteiger partial charge in [-0.2, -0.15) is 0 Å². The van der Waals surface area contributed by atoms with Gasteiger partial charge in [0.2, 0.25) is 0 Å². The zero-order valence-electron chi connectivity index (χ0n) is 6.88. The fourth-order valence-corrected chi connectivity index (χ4v) is 1.20. The third kappa shape index (κ3) is 1.14. The molecule has 0 aliphatic heterocycles. The molecule has 0 N–H and O–H groups in total. The van der Waals surface area contributed by atoms with E-state index in [0.29, 0.717) is 11.1 Å². The third-order valence-corrected chi connectivity index (χ3v) is 1.90. The molecular weight excluding hydrogens is 174 g/mol. The van der Waals surface area contributed by atoms with Crippen molar-refractivity contribution < 1.29 is 8.78 Å². The number of halogens is 2. The molecule has 1 heterocycles. The first-order chi connectivity index (χ1) is 6.20. The van der Waals surface area contributed by atoms with Crippen LogP contribution >= 0.6 is 0 Å². The van der Waals surface area contributed by atoms with Crippen LogP contribution in [0.3, 0.4) is 0 Å². The Hall–Kier alpha value is -1.58. The maximum Gasteiger partial charge on any atom is 0.185 e. The van der Waals surface area contributed by atoms with Crippen LogP contribution in [-0.4, -0.2) is 9.97 Å². The Labute approximate surface area is 73.2 Å². The summed E-state index contributed by atoms with van der Waals surface area (Å²) >= 11 is 0. The molecule has 0 fully saturated rings. The van der Waals surface area contributed by atoms with E-state index in [2.05, 4.69) is 9.97 Å². The lowest BCUT2D eigenvalue weighted by Crippen LogP contribution is -1.92. The summed E-state index contributed by atoms with van der Waals surface area (Å²) in [6.07, 6.45) is 1.22. The highest BCUT2D eigenvalue weighted by molar-refractivity contribution is 5.80. The second-order valence-electron chi connectivity index (χ2n) is 2.72. The molecule has 0 spiro atoms. The first-order valence-electron chi connectivity index (χ1n) is 3.75. The molecule has 4 heteroatoms. The average Bonchev–Trinajstić information content (AvgIpc) is 2.12. The molecule has 13 heavy (non-hydrogen) atoms. The van der Waals surface area contributed by atoms with Gasteiger partial charge in [-0.3, -0.25) is 0 Å². The molecule has 66 valence electrons. The van der Waals surface area contributed by atoms with Crippen LogP contribution in [0.15, 0.2) is 18.5 Å². The van der Waals surface area contributed by atoms with Gasteiger partial charge in [0.25, 0.3) is 0 Å². The fraction of sp³-hybridized carbons (Fsp3) is 0.111. The van der Waals surface area contributed by atoms with Gasteiger partial charge in [-0.25, -0.2) is 18.7 Å². The summed E-state index contributed by atoms with van der Waals surface area (Å²) in [5, 5.41) is 0.543. The Balaban J connectivity index is 2.94. The van der Waals surface area contributed by atoms with Crippen LogP contribution in [0.2, 0.25) is 0 Å². The van der Waals surface area contributed by atoms with Crippen molar-refractivity contribution in [2.45, 2.75) is 6.92 Å². The Morgan fingerprint density at radius 1 is 1.15 bits per heavy atom. The first-order valence-corrected chi connectivity index (χ1v) is 3.75. The van der Waals surface area contributed by atoms with E-state index in [1.165, 1.54) is 12.4 Å². The lowest BCUT2D eigenvalue weighted by atomic mass is 10.2. The Morgan fingerprint density at radius 3 is 2.69 bits per heavy atom. The van der Waals surface area contributed by atoms with Crippen LogP contribution in [0, 0.1) is 18.6 Å². The minimum atomic E-state index is -0.914. The van der Waals surface area contributed by atoms with Crippen molar-refractivity contribution in [3.8, 4) is 0 Å². The van der Waals surface area contributed by atoms with Crippen molar-refractivity contribution in [3.63, 3.8) is 0 Å². The number of benzene rings is 1. The molecule has 0 bridgehead atoms. The SMILES string of the molecule is Cc1ncnc2c(F)c(F)ccc12. The fourth-order valence-electron chi connectivity index (χ4n) is 1.20. The lowest BCUT2D eigenvalue weighted by molar-refractivity contribution is 0.515. The van der Waals surface area contributed by atoms with Gasteiger partial charge in [0.1, 0.15) is 11.8 Å². The van der Waals surface area contributed by atoms with Gasteiger partial charge in [0.15, 0.2) is 11.6 Å². The van der Waals surface area contributed by atoms with Crippen LogP contribution in [0.4, 0.5) is 8.78 Å². The molecule has 0 atom stereocenters. The van der Waals surface area contributed by atoms with Gasteiger partial charge < -0.3 is 0 Å². The average molecular weight is 180 g/mol. The summed E-state index contributed by atoms with van der Waals surface area (Å²) in [6.45, 7) is 1.72. The smallest absolute Gasteiger partial charge is 0.185 e. The first kappa shape index (κ1) is 8.04. The molecule has 1 aromatic carbocycles. The zero-order chi connectivity index (χ0) is 9.42. The molecule has 0 radical (unpaired) electrons. The molecule has 0 aliphatic rings. The van der Waals surface area contributed by atoms with Crippen molar-refractivity contribution in [2.75, 3.05) is 0 Å². The van der Waals surface area contributed by atoms with Crippen molar-refractivity contribution in [3.05, 3.63) is 35.8 Å².